The highest BCUT2D eigenvalue weighted by Crippen LogP contribution is 2.01. The summed E-state index contributed by atoms with van der Waals surface area (Å²) in [5, 5.41) is 0. The van der Waals surface area contributed by atoms with Crippen LogP contribution in [0.15, 0.2) is 0 Å². The van der Waals surface area contributed by atoms with Crippen LogP contribution in [0.3, 0.4) is 0 Å². The Morgan fingerprint density at radius 3 is 2.58 bits per heavy atom. The average molecular weight is 192 g/mol. The first kappa shape index (κ1) is 11.2. The smallest absolute Gasteiger partial charge is 0.315 e. The first-order chi connectivity index (χ1) is 5.57. The van der Waals surface area contributed by atoms with Crippen molar-refractivity contribution in [2.24, 2.45) is 11.5 Å². The third kappa shape index (κ3) is 4.97. The Morgan fingerprint density at radius 1 is 1.58 bits per heavy atom. The average Bonchev–Trinajstić information content (AvgIpc) is 2.03. The largest absolute Gasteiger partial charge is 0.468 e. The van der Waals surface area contributed by atoms with Crippen LogP contribution in [0.4, 0.5) is 0 Å². The van der Waals surface area contributed by atoms with Crippen molar-refractivity contribution in [3.63, 3.8) is 0 Å². The van der Waals surface area contributed by atoms with Crippen LogP contribution in [0.2, 0.25) is 0 Å². The number of esters is 1. The maximum absolute atomic E-state index is 10.6. The van der Waals surface area contributed by atoms with Crippen molar-refractivity contribution >= 4 is 23.6 Å². The number of ether oxygens (including phenoxy) is 1. The maximum Gasteiger partial charge on any atom is 0.315 e. The zero-order valence-electron chi connectivity index (χ0n) is 6.78. The van der Waals surface area contributed by atoms with Crippen LogP contribution in [0.1, 0.15) is 0 Å². The van der Waals surface area contributed by atoms with E-state index in [0.29, 0.717) is 5.75 Å². The van der Waals surface area contributed by atoms with Crippen molar-refractivity contribution in [3.8, 4) is 0 Å². The molecule has 4 N–H and O–H groups in total. The zero-order chi connectivity index (χ0) is 9.56. The number of hydrogen-bond acceptors (Lipinski definition) is 5. The summed E-state index contributed by atoms with van der Waals surface area (Å²) in [5.41, 5.74) is 10.2. The molecule has 0 rings (SSSR count). The van der Waals surface area contributed by atoms with Crippen LogP contribution >= 0.6 is 11.8 Å². The molecule has 0 radical (unpaired) electrons. The summed E-state index contributed by atoms with van der Waals surface area (Å²) in [5.74, 6) is -0.369. The molecule has 0 heterocycles. The molecule has 0 fully saturated rings. The lowest BCUT2D eigenvalue weighted by molar-refractivity contribution is -0.137. The van der Waals surface area contributed by atoms with Crippen molar-refractivity contribution in [2.45, 2.75) is 6.04 Å². The Morgan fingerprint density at radius 2 is 2.17 bits per heavy atom. The van der Waals surface area contributed by atoms with Gasteiger partial charge in [-0.2, -0.15) is 0 Å². The summed E-state index contributed by atoms with van der Waals surface area (Å²) in [6.45, 7) is 0. The van der Waals surface area contributed by atoms with Gasteiger partial charge in [0.05, 0.1) is 18.9 Å². The monoisotopic (exact) mass is 192 g/mol. The molecule has 0 spiro atoms. The maximum atomic E-state index is 10.6. The molecule has 70 valence electrons. The second-order valence-electron chi connectivity index (χ2n) is 2.10. The van der Waals surface area contributed by atoms with Gasteiger partial charge in [0.1, 0.15) is 0 Å². The number of nitrogens with two attached hydrogens (primary N) is 2. The van der Waals surface area contributed by atoms with E-state index in [9.17, 15) is 9.59 Å². The summed E-state index contributed by atoms with van der Waals surface area (Å²) in [7, 11) is 1.30. The molecular formula is C6H12N2O3S. The second-order valence-corrected chi connectivity index (χ2v) is 3.13. The molecule has 0 aliphatic rings. The van der Waals surface area contributed by atoms with E-state index in [-0.39, 0.29) is 11.7 Å². The molecule has 0 bridgehead atoms. The molecular weight excluding hydrogens is 180 g/mol. The second kappa shape index (κ2) is 5.84. The van der Waals surface area contributed by atoms with Gasteiger partial charge in [0.25, 0.3) is 0 Å². The summed E-state index contributed by atoms with van der Waals surface area (Å²) in [6.07, 6.45) is 0. The topological polar surface area (TPSA) is 95.4 Å². The quantitative estimate of drug-likeness (QED) is 0.528. The van der Waals surface area contributed by atoms with Crippen LogP contribution < -0.4 is 11.5 Å². The number of hydrogen-bond donors (Lipinski definition) is 2. The van der Waals surface area contributed by atoms with Crippen LogP contribution in [0, 0.1) is 0 Å². The number of amides is 1. The van der Waals surface area contributed by atoms with Crippen molar-refractivity contribution in [1.82, 2.24) is 0 Å². The van der Waals surface area contributed by atoms with E-state index < -0.39 is 11.9 Å². The molecule has 1 unspecified atom stereocenters. The highest BCUT2D eigenvalue weighted by molar-refractivity contribution is 8.00. The van der Waals surface area contributed by atoms with Gasteiger partial charge in [-0.25, -0.2) is 0 Å². The molecule has 0 aromatic carbocycles. The number of methoxy groups -OCH3 is 1. The molecule has 12 heavy (non-hydrogen) atoms. The van der Waals surface area contributed by atoms with Crippen LogP contribution in [0.5, 0.6) is 0 Å². The number of primary amides is 1. The normalized spacial score (nSPS) is 12.2. The van der Waals surface area contributed by atoms with Gasteiger partial charge in [-0.15, -0.1) is 11.8 Å². The van der Waals surface area contributed by atoms with Crippen molar-refractivity contribution < 1.29 is 14.3 Å². The molecule has 1 amide bonds. The SMILES string of the molecule is COC(=O)CSCC(N)C(N)=O. The van der Waals surface area contributed by atoms with Crippen molar-refractivity contribution in [3.05, 3.63) is 0 Å². The van der Waals surface area contributed by atoms with Gasteiger partial charge in [-0.3, -0.25) is 9.59 Å². The molecule has 6 heteroatoms. The van der Waals surface area contributed by atoms with E-state index in [2.05, 4.69) is 4.74 Å². The molecule has 1 atom stereocenters. The fraction of sp³-hybridized carbons (Fsp3) is 0.667. The van der Waals surface area contributed by atoms with Gasteiger partial charge in [-0.1, -0.05) is 0 Å². The Hall–Kier alpha value is -0.750. The first-order valence-electron chi connectivity index (χ1n) is 3.27. The standard InChI is InChI=1S/C6H12N2O3S/c1-11-5(9)3-12-2-4(7)6(8)10/h4H,2-3,7H2,1H3,(H2,8,10). The molecule has 0 aliphatic carbocycles. The third-order valence-corrected chi connectivity index (χ3v) is 2.15. The minimum absolute atomic E-state index is 0.192. The van der Waals surface area contributed by atoms with E-state index in [4.69, 9.17) is 11.5 Å². The van der Waals surface area contributed by atoms with Gasteiger partial charge in [0.2, 0.25) is 5.91 Å². The van der Waals surface area contributed by atoms with E-state index in [1.54, 1.807) is 0 Å². The minimum Gasteiger partial charge on any atom is -0.468 e. The number of carbonyl (C=O) groups is 2. The minimum atomic E-state index is -0.695. The first-order valence-corrected chi connectivity index (χ1v) is 4.43. The lowest BCUT2D eigenvalue weighted by Crippen LogP contribution is -2.38. The number of rotatable bonds is 5. The van der Waals surface area contributed by atoms with Gasteiger partial charge in [-0.05, 0) is 0 Å². The molecule has 5 nitrogen and oxygen atoms in total. The van der Waals surface area contributed by atoms with E-state index >= 15 is 0 Å². The van der Waals surface area contributed by atoms with Crippen molar-refractivity contribution in [2.75, 3.05) is 18.6 Å². The van der Waals surface area contributed by atoms with Gasteiger partial charge in [0, 0.05) is 5.75 Å². The number of carbonyl (C=O) groups excluding carboxylic acids is 2. The highest BCUT2D eigenvalue weighted by Gasteiger charge is 2.09. The predicted molar refractivity (Wildman–Crippen MR) is 46.5 cm³/mol. The Kier molecular flexibility index (Phi) is 5.48. The highest BCUT2D eigenvalue weighted by atomic mass is 32.2. The fourth-order valence-electron chi connectivity index (χ4n) is 0.410. The lowest BCUT2D eigenvalue weighted by atomic mass is 10.3. The third-order valence-electron chi connectivity index (χ3n) is 1.11. The van der Waals surface area contributed by atoms with Crippen LogP contribution in [-0.4, -0.2) is 36.5 Å². The van der Waals surface area contributed by atoms with Gasteiger partial charge in [0.15, 0.2) is 0 Å². The summed E-state index contributed by atoms with van der Waals surface area (Å²) >= 11 is 1.22. The molecule has 0 aliphatic heterocycles. The summed E-state index contributed by atoms with van der Waals surface area (Å²) in [6, 6.07) is -0.695. The molecule has 0 saturated heterocycles. The summed E-state index contributed by atoms with van der Waals surface area (Å²) < 4.78 is 4.38. The molecule has 0 aromatic rings. The van der Waals surface area contributed by atoms with Gasteiger partial charge < -0.3 is 16.2 Å². The molecule has 0 aromatic heterocycles. The Balaban J connectivity index is 3.43. The van der Waals surface area contributed by atoms with E-state index in [0.717, 1.165) is 0 Å². The summed E-state index contributed by atoms with van der Waals surface area (Å²) in [4.78, 5) is 21.0. The van der Waals surface area contributed by atoms with E-state index in [1.807, 2.05) is 0 Å². The fourth-order valence-corrected chi connectivity index (χ4v) is 1.23. The zero-order valence-corrected chi connectivity index (χ0v) is 7.60. The Bertz CT molecular complexity index is 174. The van der Waals surface area contributed by atoms with E-state index in [1.165, 1.54) is 18.9 Å². The Labute approximate surface area is 74.8 Å². The lowest BCUT2D eigenvalue weighted by Gasteiger charge is -2.05. The van der Waals surface area contributed by atoms with Crippen LogP contribution in [-0.2, 0) is 14.3 Å². The predicted octanol–water partition coefficient (Wildman–Crippen LogP) is -1.29. The van der Waals surface area contributed by atoms with Crippen LogP contribution in [0.25, 0.3) is 0 Å². The molecule has 0 saturated carbocycles. The number of thioether (sulfide) groups is 1. The van der Waals surface area contributed by atoms with Crippen molar-refractivity contribution in [1.29, 1.82) is 0 Å². The van der Waals surface area contributed by atoms with Gasteiger partial charge >= 0.3 is 5.97 Å².